The SMILES string of the molecule is CCCCN(C(=O)OC(C)(C)C)C(C(CCCCCCNC(=O)CCCCCCCCCCCCCCCCCCCCCCCNC(=O)CCC(=O)N(C1(N(C(C)=O)C(=O)[C@H](O)[C@@H](O)[C@H](O)[C@@H](C)O)COO1)C1(N(C(C)=O)C(=O)[C@H](O)[C@@H](O)[C@H](O)[C@@H](C)O)COO1)CN(CCCC(N(C)C(=O)OC(C)(C)C)N(CCC)C(=O)OC(C)(C)C)C(=O)OC(C)(C)C)(N(C)C(=O)OC(C)(C)C)N(CCC)C(=O)OC(C)(C)C. The Morgan fingerprint density at radius 1 is 0.359 bits per heavy atom. The molecule has 2 heterocycles. The third-order valence-electron chi connectivity index (χ3n) is 24.2. The zero-order valence-corrected chi connectivity index (χ0v) is 92.9. The highest BCUT2D eigenvalue weighted by Crippen LogP contribution is 2.46. The van der Waals surface area contributed by atoms with Gasteiger partial charge in [-0.05, 0) is 196 Å². The third-order valence-corrected chi connectivity index (χ3v) is 24.2. The van der Waals surface area contributed by atoms with Crippen LogP contribution < -0.4 is 10.6 Å². The van der Waals surface area contributed by atoms with Crippen molar-refractivity contribution >= 4 is 77.9 Å². The summed E-state index contributed by atoms with van der Waals surface area (Å²) in [4.78, 5) is 216. The van der Waals surface area contributed by atoms with E-state index in [1.807, 2.05) is 20.8 Å². The number of hydrogen-bond donors (Lipinski definition) is 10. The molecule has 42 heteroatoms. The Labute approximate surface area is 862 Å². The van der Waals surface area contributed by atoms with Gasteiger partial charge in [0.1, 0.15) is 64.2 Å². The molecule has 2 fully saturated rings. The lowest BCUT2D eigenvalue weighted by atomic mass is 9.88. The average molecular weight is 2080 g/mol. The van der Waals surface area contributed by atoms with Gasteiger partial charge in [0.05, 0.1) is 12.2 Å². The van der Waals surface area contributed by atoms with E-state index in [1.54, 1.807) is 132 Å². The molecule has 13 amide bonds. The fourth-order valence-corrected chi connectivity index (χ4v) is 17.2. The first-order chi connectivity index (χ1) is 67.3. The Kier molecular flexibility index (Phi) is 57.8. The molecule has 842 valence electrons. The summed E-state index contributed by atoms with van der Waals surface area (Å²) in [6.45, 7) is 38.9. The number of aliphatic hydroxyl groups is 8. The molecule has 0 aliphatic carbocycles. The van der Waals surface area contributed by atoms with Crippen LogP contribution in [0.5, 0.6) is 0 Å². The van der Waals surface area contributed by atoms with Crippen LogP contribution in [0.4, 0.5) is 28.8 Å². The standard InChI is InChI=1S/C103H189N11O31/c1-28-31-68-111(94(135)143-100(23,24)25)103(107(27)90(131)139-96(11,12)13,110(66-30-3)93(134)142-99(20,21)22)76(69-108(91(132)140-97(14,15)16)67-57-60-79(106(26)89(130)138-95(8,9)10)109(65-29-2)92(133)141-98(17,18)19)58-53-50-52-56-63-104-77(119)59-54-49-47-45-43-41-39-37-35-33-32-34-36-38-40-42-44-46-48-51-55-64-105-78(120)61-62-80(121)114(101(70-136-144-101)112(74(6)117)87(128)85(126)83(124)81(122)72(4)115)102(71-137-145-102)113(75(7)118)88(129)86(127)84(125)82(123)73(5)116/h72-73,76,79,81-86,115-116,122-127H,28-71H2,1-27H3,(H,104,119)(H,105,120)/t72-,73-,76?,79?,81-,82-,83+,84+,85-,86-,101?,102?,103?/m1/s1. The van der Waals surface area contributed by atoms with Gasteiger partial charge in [-0.3, -0.25) is 58.1 Å². The summed E-state index contributed by atoms with van der Waals surface area (Å²) in [5.41, 5.74) is -6.12. The molecule has 0 saturated carbocycles. The van der Waals surface area contributed by atoms with Gasteiger partial charge in [0.2, 0.25) is 35.3 Å². The quantitative estimate of drug-likeness (QED) is 0.0117. The number of nitrogens with one attached hydrogen (secondary N) is 2. The molecular formula is C103H189N11O31. The van der Waals surface area contributed by atoms with Gasteiger partial charge in [0, 0.05) is 98.9 Å². The van der Waals surface area contributed by atoms with Crippen molar-refractivity contribution in [1.29, 1.82) is 0 Å². The number of hydrogen-bond acceptors (Lipinski definition) is 31. The zero-order chi connectivity index (χ0) is 111. The normalized spacial score (nSPS) is 17.6. The summed E-state index contributed by atoms with van der Waals surface area (Å²) in [7, 11) is 3.05. The number of rotatable bonds is 65. The maximum atomic E-state index is 15.7. The van der Waals surface area contributed by atoms with Crippen molar-refractivity contribution in [3.8, 4) is 0 Å². The van der Waals surface area contributed by atoms with Gasteiger partial charge in [0.25, 0.3) is 23.5 Å². The van der Waals surface area contributed by atoms with E-state index in [2.05, 4.69) is 10.6 Å². The first-order valence-electron chi connectivity index (χ1n) is 52.8. The van der Waals surface area contributed by atoms with E-state index in [-0.39, 0.29) is 74.2 Å². The van der Waals surface area contributed by atoms with Crippen LogP contribution in [0.3, 0.4) is 0 Å². The van der Waals surface area contributed by atoms with Gasteiger partial charge in [-0.15, -0.1) is 0 Å². The van der Waals surface area contributed by atoms with E-state index in [1.165, 1.54) is 87.8 Å². The molecule has 42 nitrogen and oxygen atoms in total. The second-order valence-corrected chi connectivity index (χ2v) is 44.6. The Bertz CT molecular complexity index is 3850. The Balaban J connectivity index is 2.10. The van der Waals surface area contributed by atoms with Crippen molar-refractivity contribution in [3.63, 3.8) is 0 Å². The second-order valence-electron chi connectivity index (χ2n) is 44.6. The highest BCUT2D eigenvalue weighted by Gasteiger charge is 2.72. The second kappa shape index (κ2) is 63.1. The molecule has 2 saturated heterocycles. The number of amides is 13. The predicted octanol–water partition coefficient (Wildman–Crippen LogP) is 13.9. The lowest BCUT2D eigenvalue weighted by Crippen LogP contribution is -2.85. The van der Waals surface area contributed by atoms with Gasteiger partial charge in [-0.25, -0.2) is 53.2 Å². The molecule has 145 heavy (non-hydrogen) atoms. The maximum absolute atomic E-state index is 15.7. The molecule has 0 aromatic rings. The summed E-state index contributed by atoms with van der Waals surface area (Å²) in [5.74, 6) is -17.5. The van der Waals surface area contributed by atoms with Crippen LogP contribution in [0.25, 0.3) is 0 Å². The maximum Gasteiger partial charge on any atom is 0.413 e. The highest BCUT2D eigenvalue weighted by molar-refractivity contribution is 6.00. The lowest BCUT2D eigenvalue weighted by molar-refractivity contribution is -0.593. The number of unbranched alkanes of at least 4 members (excludes halogenated alkanes) is 24. The van der Waals surface area contributed by atoms with E-state index in [4.69, 9.17) is 48.0 Å². The van der Waals surface area contributed by atoms with Gasteiger partial charge in [0.15, 0.2) is 25.4 Å². The molecule has 0 aromatic carbocycles. The number of imide groups is 2. The molecule has 0 bridgehead atoms. The van der Waals surface area contributed by atoms with Crippen LogP contribution in [-0.4, -0.2) is 342 Å². The molecule has 0 spiro atoms. The number of carbonyl (C=O) groups is 13. The van der Waals surface area contributed by atoms with Crippen molar-refractivity contribution in [3.05, 3.63) is 0 Å². The fraction of sp³-hybridized carbons (Fsp3) is 0.874. The molecule has 2 aliphatic heterocycles. The smallest absolute Gasteiger partial charge is 0.413 e. The first-order valence-corrected chi connectivity index (χ1v) is 52.8. The van der Waals surface area contributed by atoms with Crippen molar-refractivity contribution in [2.24, 2.45) is 5.92 Å². The summed E-state index contributed by atoms with van der Waals surface area (Å²) in [6.07, 6.45) is 1.88. The van der Waals surface area contributed by atoms with E-state index in [9.17, 15) is 84.0 Å². The Morgan fingerprint density at radius 3 is 1.03 bits per heavy atom. The molecule has 2 rings (SSSR count). The number of ether oxygens (including phenoxy) is 6. The summed E-state index contributed by atoms with van der Waals surface area (Å²) >= 11 is 0. The van der Waals surface area contributed by atoms with Crippen LogP contribution in [-0.2, 0) is 81.5 Å². The Hall–Kier alpha value is -8.17. The number of nitrogens with zero attached hydrogens (tertiary/aromatic N) is 9. The summed E-state index contributed by atoms with van der Waals surface area (Å²) in [5, 5.41) is 89.6. The first kappa shape index (κ1) is 133. The topological polar surface area (TPSA) is 529 Å². The molecule has 0 aromatic heterocycles. The monoisotopic (exact) mass is 2080 g/mol. The van der Waals surface area contributed by atoms with Crippen molar-refractivity contribution in [2.45, 2.75) is 504 Å². The van der Waals surface area contributed by atoms with E-state index in [0.717, 1.165) is 105 Å². The van der Waals surface area contributed by atoms with Gasteiger partial charge in [-0.1, -0.05) is 168 Å². The summed E-state index contributed by atoms with van der Waals surface area (Å²) < 4.78 is 37.1. The minimum atomic E-state index is -2.99. The number of aliphatic hydroxyl groups excluding tert-OH is 8. The van der Waals surface area contributed by atoms with E-state index >= 15 is 19.2 Å². The van der Waals surface area contributed by atoms with Crippen molar-refractivity contribution in [1.82, 2.24) is 54.7 Å². The molecule has 2 aliphatic rings. The van der Waals surface area contributed by atoms with Crippen molar-refractivity contribution < 1.29 is 151 Å². The largest absolute Gasteiger partial charge is 0.444 e. The average Bonchev–Trinajstić information content (AvgIpc) is 0.696. The minimum absolute atomic E-state index is 0.0188. The lowest BCUT2D eigenvalue weighted by Gasteiger charge is -2.60. The summed E-state index contributed by atoms with van der Waals surface area (Å²) in [6, 6.07) is 0. The molecule has 13 atom stereocenters. The van der Waals surface area contributed by atoms with Gasteiger partial charge >= 0.3 is 36.6 Å². The van der Waals surface area contributed by atoms with E-state index in [0.29, 0.717) is 75.7 Å². The van der Waals surface area contributed by atoms with Gasteiger partial charge in [-0.2, -0.15) is 9.78 Å². The van der Waals surface area contributed by atoms with Gasteiger partial charge < -0.3 is 84.8 Å². The minimum Gasteiger partial charge on any atom is -0.444 e. The molecule has 5 unspecified atom stereocenters. The zero-order valence-electron chi connectivity index (χ0n) is 92.9. The van der Waals surface area contributed by atoms with Crippen LogP contribution in [0.1, 0.15) is 398 Å². The number of carbonyl (C=O) groups excluding carboxylic acids is 13. The van der Waals surface area contributed by atoms with E-state index < -0.39 is 210 Å². The molecule has 10 N–H and O–H groups in total. The van der Waals surface area contributed by atoms with Crippen LogP contribution in [0.15, 0.2) is 0 Å². The molecule has 0 radical (unpaired) electrons. The molecular weight excluding hydrogens is 1890 g/mol. The predicted molar refractivity (Wildman–Crippen MR) is 540 cm³/mol. The highest BCUT2D eigenvalue weighted by atomic mass is 17.3. The van der Waals surface area contributed by atoms with Crippen LogP contribution in [0.2, 0.25) is 0 Å². The fourth-order valence-electron chi connectivity index (χ4n) is 17.2. The van der Waals surface area contributed by atoms with Crippen LogP contribution >= 0.6 is 0 Å². The third kappa shape index (κ3) is 45.3. The van der Waals surface area contributed by atoms with Crippen LogP contribution in [0, 0.1) is 5.92 Å². The van der Waals surface area contributed by atoms with Crippen molar-refractivity contribution in [2.75, 3.05) is 73.1 Å². The Morgan fingerprint density at radius 2 is 0.690 bits per heavy atom.